The van der Waals surface area contributed by atoms with Crippen LogP contribution in [-0.2, 0) is 13.0 Å². The zero-order chi connectivity index (χ0) is 22.5. The number of nitrogens with one attached hydrogen (secondary N) is 1. The highest BCUT2D eigenvalue weighted by Crippen LogP contribution is 2.38. The van der Waals surface area contributed by atoms with E-state index in [0.717, 1.165) is 19.5 Å². The van der Waals surface area contributed by atoms with Crippen LogP contribution in [0.3, 0.4) is 0 Å². The second-order valence-corrected chi connectivity index (χ2v) is 8.47. The van der Waals surface area contributed by atoms with Gasteiger partial charge in [0, 0.05) is 25.2 Å². The minimum atomic E-state index is -0.179. The Morgan fingerprint density at radius 2 is 1.78 bits per heavy atom. The highest BCUT2D eigenvalue weighted by atomic mass is 32.1. The van der Waals surface area contributed by atoms with Crippen LogP contribution in [0, 0.1) is 0 Å². The van der Waals surface area contributed by atoms with Crippen molar-refractivity contribution in [3.63, 3.8) is 0 Å². The Labute approximate surface area is 192 Å². The average Bonchev–Trinajstić information content (AvgIpc) is 3.37. The van der Waals surface area contributed by atoms with Crippen LogP contribution < -0.4 is 19.5 Å². The Morgan fingerprint density at radius 3 is 2.41 bits per heavy atom. The van der Waals surface area contributed by atoms with Gasteiger partial charge in [-0.2, -0.15) is 11.3 Å². The fraction of sp³-hybridized carbons (Fsp3) is 0.320. The molecule has 0 unspecified atom stereocenters. The van der Waals surface area contributed by atoms with E-state index in [9.17, 15) is 4.79 Å². The highest BCUT2D eigenvalue weighted by molar-refractivity contribution is 7.08. The molecule has 1 N–H and O–H groups in total. The van der Waals surface area contributed by atoms with E-state index in [4.69, 9.17) is 14.2 Å². The van der Waals surface area contributed by atoms with Crippen molar-refractivity contribution in [2.24, 2.45) is 0 Å². The summed E-state index contributed by atoms with van der Waals surface area (Å²) >= 11 is 1.68. The van der Waals surface area contributed by atoms with Gasteiger partial charge in [0.25, 0.3) is 5.91 Å². The number of thiophene rings is 1. The van der Waals surface area contributed by atoms with Crippen molar-refractivity contribution < 1.29 is 19.0 Å². The molecule has 0 aliphatic carbocycles. The van der Waals surface area contributed by atoms with Crippen LogP contribution in [0.15, 0.2) is 53.2 Å². The van der Waals surface area contributed by atoms with Crippen LogP contribution in [-0.4, -0.2) is 45.2 Å². The Hall–Kier alpha value is -3.03. The van der Waals surface area contributed by atoms with Gasteiger partial charge >= 0.3 is 0 Å². The highest BCUT2D eigenvalue weighted by Gasteiger charge is 2.26. The van der Waals surface area contributed by atoms with Gasteiger partial charge in [-0.25, -0.2) is 0 Å². The third-order valence-corrected chi connectivity index (χ3v) is 6.61. The standard InChI is InChI=1S/C25H28N2O4S/c1-29-22-12-20(13-23(30-2)24(22)31-3)25(28)26-14-21(19-9-11-32-16-19)27-10-8-17-6-4-5-7-18(17)15-27/h4-7,9,11-13,16,21H,8,10,14-15H2,1-3H3,(H,26,28)/t21-/m0/s1. The minimum absolute atomic E-state index is 0.0978. The number of ether oxygens (including phenoxy) is 3. The van der Waals surface area contributed by atoms with E-state index < -0.39 is 0 Å². The predicted molar refractivity (Wildman–Crippen MR) is 126 cm³/mol. The molecule has 1 amide bonds. The third-order valence-electron chi connectivity index (χ3n) is 5.91. The maximum atomic E-state index is 13.1. The molecule has 0 saturated carbocycles. The molecule has 3 aromatic rings. The lowest BCUT2D eigenvalue weighted by molar-refractivity contribution is 0.0927. The van der Waals surface area contributed by atoms with Gasteiger partial charge in [-0.1, -0.05) is 24.3 Å². The lowest BCUT2D eigenvalue weighted by atomic mass is 9.97. The molecule has 2 aromatic carbocycles. The molecular formula is C25H28N2O4S. The van der Waals surface area contributed by atoms with Crippen molar-refractivity contribution >= 4 is 17.2 Å². The van der Waals surface area contributed by atoms with Gasteiger partial charge in [0.2, 0.25) is 5.75 Å². The summed E-state index contributed by atoms with van der Waals surface area (Å²) in [6.45, 7) is 2.34. The number of benzene rings is 2. The van der Waals surface area contributed by atoms with Gasteiger partial charge in [-0.05, 0) is 52.1 Å². The van der Waals surface area contributed by atoms with Gasteiger partial charge in [0.1, 0.15) is 0 Å². The van der Waals surface area contributed by atoms with E-state index in [1.165, 1.54) is 16.7 Å². The van der Waals surface area contributed by atoms with Crippen LogP contribution in [0.2, 0.25) is 0 Å². The van der Waals surface area contributed by atoms with Gasteiger partial charge in [-0.3, -0.25) is 9.69 Å². The second-order valence-electron chi connectivity index (χ2n) is 7.69. The second kappa shape index (κ2) is 10.1. The van der Waals surface area contributed by atoms with Crippen LogP contribution in [0.1, 0.15) is 33.1 Å². The number of hydrogen-bond acceptors (Lipinski definition) is 6. The molecule has 0 spiro atoms. The van der Waals surface area contributed by atoms with E-state index in [1.807, 2.05) is 0 Å². The third kappa shape index (κ3) is 4.59. The van der Waals surface area contributed by atoms with Gasteiger partial charge in [0.05, 0.1) is 27.4 Å². The summed E-state index contributed by atoms with van der Waals surface area (Å²) < 4.78 is 16.1. The smallest absolute Gasteiger partial charge is 0.251 e. The Bertz CT molecular complexity index is 1040. The summed E-state index contributed by atoms with van der Waals surface area (Å²) in [5.74, 6) is 1.20. The topological polar surface area (TPSA) is 60.0 Å². The summed E-state index contributed by atoms with van der Waals surface area (Å²) in [6, 6.07) is 14.2. The predicted octanol–water partition coefficient (Wildman–Crippen LogP) is 4.30. The number of methoxy groups -OCH3 is 3. The molecule has 1 aromatic heterocycles. The van der Waals surface area contributed by atoms with Gasteiger partial charge < -0.3 is 19.5 Å². The molecule has 1 aliphatic rings. The number of rotatable bonds is 8. The first kappa shape index (κ1) is 22.2. The van der Waals surface area contributed by atoms with Crippen LogP contribution >= 0.6 is 11.3 Å². The quantitative estimate of drug-likeness (QED) is 0.552. The van der Waals surface area contributed by atoms with E-state index in [-0.39, 0.29) is 11.9 Å². The monoisotopic (exact) mass is 452 g/mol. The van der Waals surface area contributed by atoms with E-state index in [0.29, 0.717) is 29.4 Å². The number of hydrogen-bond donors (Lipinski definition) is 1. The first-order chi connectivity index (χ1) is 15.6. The van der Waals surface area contributed by atoms with Crippen LogP contribution in [0.5, 0.6) is 17.2 Å². The minimum Gasteiger partial charge on any atom is -0.493 e. The van der Waals surface area contributed by atoms with Crippen LogP contribution in [0.4, 0.5) is 0 Å². The SMILES string of the molecule is COc1cc(C(=O)NC[C@@H](c2ccsc2)N2CCc3ccccc3C2)cc(OC)c1OC. The zero-order valence-corrected chi connectivity index (χ0v) is 19.4. The molecule has 6 nitrogen and oxygen atoms in total. The summed E-state index contributed by atoms with van der Waals surface area (Å²) in [5, 5.41) is 7.37. The summed E-state index contributed by atoms with van der Waals surface area (Å²) in [6.07, 6.45) is 1.01. The summed E-state index contributed by atoms with van der Waals surface area (Å²) in [4.78, 5) is 15.5. The van der Waals surface area contributed by atoms with Crippen molar-refractivity contribution in [3.05, 3.63) is 75.5 Å². The molecule has 1 aliphatic heterocycles. The number of carbonyl (C=O) groups is 1. The van der Waals surface area contributed by atoms with Crippen molar-refractivity contribution in [2.45, 2.75) is 19.0 Å². The van der Waals surface area contributed by atoms with Crippen LogP contribution in [0.25, 0.3) is 0 Å². The largest absolute Gasteiger partial charge is 0.493 e. The normalized spacial score (nSPS) is 14.3. The van der Waals surface area contributed by atoms with Crippen molar-refractivity contribution in [1.82, 2.24) is 10.2 Å². The Balaban J connectivity index is 1.53. The molecule has 32 heavy (non-hydrogen) atoms. The van der Waals surface area contributed by atoms with Gasteiger partial charge in [-0.15, -0.1) is 0 Å². The molecule has 0 radical (unpaired) electrons. The number of nitrogens with zero attached hydrogens (tertiary/aromatic N) is 1. The zero-order valence-electron chi connectivity index (χ0n) is 18.6. The molecular weight excluding hydrogens is 424 g/mol. The first-order valence-corrected chi connectivity index (χ1v) is 11.5. The fourth-order valence-electron chi connectivity index (χ4n) is 4.21. The van der Waals surface area contributed by atoms with Crippen molar-refractivity contribution in [1.29, 1.82) is 0 Å². The van der Waals surface area contributed by atoms with E-state index in [1.54, 1.807) is 44.8 Å². The number of carbonyl (C=O) groups excluding carboxylic acids is 1. The molecule has 7 heteroatoms. The fourth-order valence-corrected chi connectivity index (χ4v) is 4.92. The number of fused-ring (bicyclic) bond motifs is 1. The molecule has 0 bridgehead atoms. The van der Waals surface area contributed by atoms with Crippen molar-refractivity contribution in [3.8, 4) is 17.2 Å². The molecule has 2 heterocycles. The Kier molecular flexibility index (Phi) is 6.97. The van der Waals surface area contributed by atoms with E-state index in [2.05, 4.69) is 51.3 Å². The van der Waals surface area contributed by atoms with Crippen molar-refractivity contribution in [2.75, 3.05) is 34.4 Å². The lowest BCUT2D eigenvalue weighted by Crippen LogP contribution is -2.40. The molecule has 4 rings (SSSR count). The Morgan fingerprint density at radius 1 is 1.06 bits per heavy atom. The maximum absolute atomic E-state index is 13.1. The summed E-state index contributed by atoms with van der Waals surface area (Å²) in [5.41, 5.74) is 4.45. The van der Waals surface area contributed by atoms with Gasteiger partial charge in [0.15, 0.2) is 11.5 Å². The average molecular weight is 453 g/mol. The first-order valence-electron chi connectivity index (χ1n) is 10.6. The number of amides is 1. The molecule has 1 atom stereocenters. The lowest BCUT2D eigenvalue weighted by Gasteiger charge is -2.35. The molecule has 0 saturated heterocycles. The molecule has 168 valence electrons. The summed E-state index contributed by atoms with van der Waals surface area (Å²) in [7, 11) is 4.63. The molecule has 0 fully saturated rings. The maximum Gasteiger partial charge on any atom is 0.251 e. The van der Waals surface area contributed by atoms with E-state index >= 15 is 0 Å².